The molecule has 0 aliphatic heterocycles. The van der Waals surface area contributed by atoms with E-state index in [-0.39, 0.29) is 23.0 Å². The Labute approximate surface area is 137 Å². The largest absolute Gasteiger partial charge is 0.326 e. The normalized spacial score (nSPS) is 11.0. The van der Waals surface area contributed by atoms with Gasteiger partial charge in [-0.25, -0.2) is 13.4 Å². The molecule has 0 unspecified atom stereocenters. The number of nitrogens with one attached hydrogen (secondary N) is 2. The smallest absolute Gasteiger partial charge is 0.227 e. The van der Waals surface area contributed by atoms with Gasteiger partial charge >= 0.3 is 0 Å². The topological polar surface area (TPSA) is 105 Å². The van der Waals surface area contributed by atoms with Crippen molar-refractivity contribution in [1.29, 1.82) is 0 Å². The van der Waals surface area contributed by atoms with Crippen LogP contribution in [0, 0.1) is 0 Å². The first kappa shape index (κ1) is 17.1. The lowest BCUT2D eigenvalue weighted by Gasteiger charge is -2.06. The highest BCUT2D eigenvalue weighted by molar-refractivity contribution is 7.91. The number of benzene rings is 1. The molecule has 0 saturated carbocycles. The van der Waals surface area contributed by atoms with Crippen molar-refractivity contribution >= 4 is 43.8 Å². The van der Waals surface area contributed by atoms with Gasteiger partial charge in [-0.2, -0.15) is 0 Å². The van der Waals surface area contributed by atoms with Gasteiger partial charge in [0.05, 0.1) is 10.6 Å². The number of carbonyl (C=O) groups excluding carboxylic acids is 2. The lowest BCUT2D eigenvalue weighted by atomic mass is 10.3. The fourth-order valence-corrected chi connectivity index (χ4v) is 3.55. The molecule has 1 heterocycles. The third-order valence-electron chi connectivity index (χ3n) is 2.81. The summed E-state index contributed by atoms with van der Waals surface area (Å²) >= 11 is 1.26. The van der Waals surface area contributed by atoms with E-state index in [0.717, 1.165) is 0 Å². The number of hydrogen-bond donors (Lipinski definition) is 2. The minimum Gasteiger partial charge on any atom is -0.326 e. The average Bonchev–Trinajstić information content (AvgIpc) is 2.98. The maximum absolute atomic E-state index is 12.2. The van der Waals surface area contributed by atoms with Crippen LogP contribution < -0.4 is 10.6 Å². The van der Waals surface area contributed by atoms with Gasteiger partial charge < -0.3 is 10.6 Å². The molecule has 2 rings (SSSR count). The van der Waals surface area contributed by atoms with Gasteiger partial charge in [0.1, 0.15) is 0 Å². The van der Waals surface area contributed by atoms with Gasteiger partial charge in [-0.05, 0) is 24.3 Å². The lowest BCUT2D eigenvalue weighted by Crippen LogP contribution is -2.17. The zero-order valence-corrected chi connectivity index (χ0v) is 13.9. The number of sulfone groups is 1. The molecule has 9 heteroatoms. The summed E-state index contributed by atoms with van der Waals surface area (Å²) in [6, 6.07) is 5.81. The summed E-state index contributed by atoms with van der Waals surface area (Å²) < 4.78 is 24.4. The van der Waals surface area contributed by atoms with Crippen LogP contribution in [0.25, 0.3) is 0 Å². The number of anilines is 2. The van der Waals surface area contributed by atoms with E-state index in [2.05, 4.69) is 15.6 Å². The molecule has 1 aromatic heterocycles. The molecule has 0 bridgehead atoms. The van der Waals surface area contributed by atoms with Gasteiger partial charge in [0, 0.05) is 30.6 Å². The lowest BCUT2D eigenvalue weighted by molar-refractivity contribution is -0.116. The van der Waals surface area contributed by atoms with Crippen molar-refractivity contribution in [2.75, 3.05) is 16.4 Å². The monoisotopic (exact) mass is 353 g/mol. The number of hydrogen-bond acceptors (Lipinski definition) is 6. The van der Waals surface area contributed by atoms with Crippen molar-refractivity contribution in [1.82, 2.24) is 4.98 Å². The molecule has 2 aromatic rings. The second-order valence-electron chi connectivity index (χ2n) is 4.66. The van der Waals surface area contributed by atoms with Crippen LogP contribution in [0.2, 0.25) is 0 Å². The molecule has 23 heavy (non-hydrogen) atoms. The second-order valence-corrected chi connectivity index (χ2v) is 7.66. The Morgan fingerprint density at radius 1 is 1.17 bits per heavy atom. The Hall–Kier alpha value is -2.26. The number of aromatic nitrogens is 1. The van der Waals surface area contributed by atoms with Crippen LogP contribution in [-0.2, 0) is 19.4 Å². The molecular formula is C14H15N3O4S2. The van der Waals surface area contributed by atoms with Crippen LogP contribution in [0.5, 0.6) is 0 Å². The molecule has 0 spiro atoms. The fraction of sp³-hybridized carbons (Fsp3) is 0.214. The Morgan fingerprint density at radius 2 is 1.87 bits per heavy atom. The van der Waals surface area contributed by atoms with Crippen molar-refractivity contribution in [3.8, 4) is 0 Å². The Bertz CT molecular complexity index is 784. The molecule has 0 saturated heterocycles. The number of carbonyl (C=O) groups is 2. The Morgan fingerprint density at radius 3 is 2.43 bits per heavy atom. The highest BCUT2D eigenvalue weighted by Gasteiger charge is 2.17. The van der Waals surface area contributed by atoms with Crippen LogP contribution in [0.1, 0.15) is 13.3 Å². The maximum Gasteiger partial charge on any atom is 0.227 e. The third kappa shape index (κ3) is 5.15. The standard InChI is InChI=1S/C14H15N3O4S2/c1-10(18)16-11-2-4-12(5-3-11)23(20,21)9-6-13(19)17-14-15-7-8-22-14/h2-5,7-8H,6,9H2,1H3,(H,16,18)(H,15,17,19). The average molecular weight is 353 g/mol. The molecule has 122 valence electrons. The van der Waals surface area contributed by atoms with Gasteiger partial charge in [-0.1, -0.05) is 0 Å². The summed E-state index contributed by atoms with van der Waals surface area (Å²) in [5, 5.41) is 7.24. The predicted molar refractivity (Wildman–Crippen MR) is 88.2 cm³/mol. The first-order chi connectivity index (χ1) is 10.9. The van der Waals surface area contributed by atoms with Crippen molar-refractivity contribution in [3.05, 3.63) is 35.8 Å². The molecule has 0 aliphatic carbocycles. The molecule has 2 N–H and O–H groups in total. The third-order valence-corrected chi connectivity index (χ3v) is 5.23. The Kier molecular flexibility index (Phi) is 5.45. The van der Waals surface area contributed by atoms with Crippen molar-refractivity contribution in [2.45, 2.75) is 18.2 Å². The molecule has 0 fully saturated rings. The number of thiazole rings is 1. The van der Waals surface area contributed by atoms with Crippen molar-refractivity contribution < 1.29 is 18.0 Å². The van der Waals surface area contributed by atoms with Crippen LogP contribution in [-0.4, -0.2) is 31.0 Å². The van der Waals surface area contributed by atoms with Crippen LogP contribution in [0.3, 0.4) is 0 Å². The van der Waals surface area contributed by atoms with Gasteiger partial charge in [-0.3, -0.25) is 9.59 Å². The SMILES string of the molecule is CC(=O)Nc1ccc(S(=O)(=O)CCC(=O)Nc2nccs2)cc1. The number of amides is 2. The molecule has 2 amide bonds. The summed E-state index contributed by atoms with van der Waals surface area (Å²) in [5.41, 5.74) is 0.512. The van der Waals surface area contributed by atoms with Crippen molar-refractivity contribution in [2.24, 2.45) is 0 Å². The fourth-order valence-electron chi connectivity index (χ4n) is 1.76. The highest BCUT2D eigenvalue weighted by Crippen LogP contribution is 2.17. The number of nitrogens with zero attached hydrogens (tertiary/aromatic N) is 1. The Balaban J connectivity index is 1.95. The quantitative estimate of drug-likeness (QED) is 0.825. The maximum atomic E-state index is 12.2. The molecule has 0 aliphatic rings. The van der Waals surface area contributed by atoms with Crippen molar-refractivity contribution in [3.63, 3.8) is 0 Å². The van der Waals surface area contributed by atoms with E-state index in [1.165, 1.54) is 42.5 Å². The number of rotatable bonds is 6. The van der Waals surface area contributed by atoms with Crippen LogP contribution in [0.4, 0.5) is 10.8 Å². The molecular weight excluding hydrogens is 338 g/mol. The summed E-state index contributed by atoms with van der Waals surface area (Å²) in [6.07, 6.45) is 1.39. The molecule has 0 radical (unpaired) electrons. The zero-order chi connectivity index (χ0) is 16.9. The van der Waals surface area contributed by atoms with E-state index < -0.39 is 15.7 Å². The molecule has 1 aromatic carbocycles. The highest BCUT2D eigenvalue weighted by atomic mass is 32.2. The van der Waals surface area contributed by atoms with E-state index in [1.54, 1.807) is 11.6 Å². The van der Waals surface area contributed by atoms with Gasteiger partial charge in [-0.15, -0.1) is 11.3 Å². The van der Waals surface area contributed by atoms with E-state index in [1.807, 2.05) is 0 Å². The van der Waals surface area contributed by atoms with Crippen LogP contribution in [0.15, 0.2) is 40.7 Å². The van der Waals surface area contributed by atoms with Gasteiger partial charge in [0.25, 0.3) is 0 Å². The minimum absolute atomic E-state index is 0.105. The minimum atomic E-state index is -3.57. The first-order valence-electron chi connectivity index (χ1n) is 6.66. The molecule has 7 nitrogen and oxygen atoms in total. The van der Waals surface area contributed by atoms with E-state index in [0.29, 0.717) is 10.8 Å². The summed E-state index contributed by atoms with van der Waals surface area (Å²) in [5.74, 6) is -0.943. The zero-order valence-electron chi connectivity index (χ0n) is 12.3. The van der Waals surface area contributed by atoms with E-state index in [9.17, 15) is 18.0 Å². The summed E-state index contributed by atoms with van der Waals surface area (Å²) in [6.45, 7) is 1.37. The van der Waals surface area contributed by atoms with Crippen LogP contribution >= 0.6 is 11.3 Å². The molecule has 0 atom stereocenters. The first-order valence-corrected chi connectivity index (χ1v) is 9.20. The summed E-state index contributed by atoms with van der Waals surface area (Å²) in [4.78, 5) is 26.6. The van der Waals surface area contributed by atoms with E-state index >= 15 is 0 Å². The van der Waals surface area contributed by atoms with E-state index in [4.69, 9.17) is 0 Å². The predicted octanol–water partition coefficient (Wildman–Crippen LogP) is 1.90. The van der Waals surface area contributed by atoms with Gasteiger partial charge in [0.2, 0.25) is 11.8 Å². The van der Waals surface area contributed by atoms with Gasteiger partial charge in [0.15, 0.2) is 15.0 Å². The summed E-state index contributed by atoms with van der Waals surface area (Å²) in [7, 11) is -3.57. The second kappa shape index (κ2) is 7.34.